The highest BCUT2D eigenvalue weighted by Gasteiger charge is 2.16. The number of hydrogen-bond donors (Lipinski definition) is 1. The van der Waals surface area contributed by atoms with E-state index in [0.29, 0.717) is 6.10 Å². The first-order valence-electron chi connectivity index (χ1n) is 6.88. The molecule has 0 aliphatic carbocycles. The summed E-state index contributed by atoms with van der Waals surface area (Å²) in [5, 5.41) is 14.2. The molecule has 1 unspecified atom stereocenters. The van der Waals surface area contributed by atoms with E-state index in [-0.39, 0.29) is 10.7 Å². The number of nitro benzene ring substituents is 1. The van der Waals surface area contributed by atoms with Crippen molar-refractivity contribution in [3.05, 3.63) is 32.8 Å². The van der Waals surface area contributed by atoms with Gasteiger partial charge in [0.25, 0.3) is 5.69 Å². The first kappa shape index (κ1) is 15.1. The Bertz CT molecular complexity index is 488. The van der Waals surface area contributed by atoms with Gasteiger partial charge in [-0.2, -0.15) is 0 Å². The highest BCUT2D eigenvalue weighted by molar-refractivity contribution is 6.33. The van der Waals surface area contributed by atoms with Crippen LogP contribution in [0.5, 0.6) is 0 Å². The maximum Gasteiger partial charge on any atom is 0.288 e. The van der Waals surface area contributed by atoms with E-state index < -0.39 is 4.92 Å². The third-order valence-corrected chi connectivity index (χ3v) is 3.85. The Labute approximate surface area is 123 Å². The van der Waals surface area contributed by atoms with Crippen LogP contribution in [0, 0.1) is 17.0 Å². The summed E-state index contributed by atoms with van der Waals surface area (Å²) in [6.45, 7) is 3.47. The van der Waals surface area contributed by atoms with Crippen molar-refractivity contribution in [3.8, 4) is 0 Å². The normalized spacial score (nSPS) is 18.8. The second-order valence-corrected chi connectivity index (χ2v) is 5.49. The van der Waals surface area contributed by atoms with Crippen LogP contribution in [-0.2, 0) is 4.74 Å². The van der Waals surface area contributed by atoms with E-state index in [1.165, 1.54) is 12.5 Å². The molecule has 1 aromatic rings. The van der Waals surface area contributed by atoms with Gasteiger partial charge in [0, 0.05) is 24.9 Å². The van der Waals surface area contributed by atoms with Crippen molar-refractivity contribution in [1.82, 2.24) is 0 Å². The Morgan fingerprint density at radius 2 is 2.30 bits per heavy atom. The standard InChI is InChI=1S/C14H19ClN2O3/c1-10-8-14(17(18)19)12(15)9-13(10)16-6-5-11-4-2-3-7-20-11/h8-9,11,16H,2-7H2,1H3. The molecule has 1 atom stereocenters. The van der Waals surface area contributed by atoms with Crippen LogP contribution in [0.2, 0.25) is 5.02 Å². The number of aryl methyl sites for hydroxylation is 1. The largest absolute Gasteiger partial charge is 0.385 e. The molecule has 1 aliphatic rings. The number of ether oxygens (including phenoxy) is 1. The number of nitrogens with one attached hydrogen (secondary N) is 1. The molecular weight excluding hydrogens is 280 g/mol. The van der Waals surface area contributed by atoms with Gasteiger partial charge in [-0.3, -0.25) is 10.1 Å². The van der Waals surface area contributed by atoms with Crippen LogP contribution in [0.15, 0.2) is 12.1 Å². The lowest BCUT2D eigenvalue weighted by Crippen LogP contribution is -2.22. The Morgan fingerprint density at radius 3 is 2.95 bits per heavy atom. The fourth-order valence-electron chi connectivity index (χ4n) is 2.40. The molecular formula is C14H19ClN2O3. The predicted octanol–water partition coefficient (Wildman–Crippen LogP) is 3.93. The number of rotatable bonds is 5. The molecule has 1 saturated heterocycles. The van der Waals surface area contributed by atoms with E-state index >= 15 is 0 Å². The Balaban J connectivity index is 1.92. The predicted molar refractivity (Wildman–Crippen MR) is 79.5 cm³/mol. The third-order valence-electron chi connectivity index (χ3n) is 3.55. The molecule has 5 nitrogen and oxygen atoms in total. The smallest absolute Gasteiger partial charge is 0.288 e. The van der Waals surface area contributed by atoms with E-state index in [0.717, 1.165) is 43.7 Å². The van der Waals surface area contributed by atoms with Crippen LogP contribution in [0.25, 0.3) is 0 Å². The fraction of sp³-hybridized carbons (Fsp3) is 0.571. The molecule has 6 heteroatoms. The van der Waals surface area contributed by atoms with Crippen molar-refractivity contribution in [2.45, 2.75) is 38.7 Å². The van der Waals surface area contributed by atoms with E-state index in [4.69, 9.17) is 16.3 Å². The van der Waals surface area contributed by atoms with Gasteiger partial charge in [-0.15, -0.1) is 0 Å². The summed E-state index contributed by atoms with van der Waals surface area (Å²) in [4.78, 5) is 10.3. The molecule has 110 valence electrons. The summed E-state index contributed by atoms with van der Waals surface area (Å²) in [6.07, 6.45) is 4.76. The minimum absolute atomic E-state index is 0.0506. The zero-order valence-corrected chi connectivity index (χ0v) is 12.3. The van der Waals surface area contributed by atoms with Gasteiger partial charge in [0.2, 0.25) is 0 Å². The van der Waals surface area contributed by atoms with Crippen LogP contribution in [0.1, 0.15) is 31.2 Å². The van der Waals surface area contributed by atoms with Crippen LogP contribution < -0.4 is 5.32 Å². The lowest BCUT2D eigenvalue weighted by molar-refractivity contribution is -0.384. The molecule has 0 bridgehead atoms. The summed E-state index contributed by atoms with van der Waals surface area (Å²) >= 11 is 5.92. The average Bonchev–Trinajstić information content (AvgIpc) is 2.43. The fourth-order valence-corrected chi connectivity index (χ4v) is 2.63. The van der Waals surface area contributed by atoms with Gasteiger partial charge in [0.1, 0.15) is 5.02 Å². The minimum Gasteiger partial charge on any atom is -0.385 e. The average molecular weight is 299 g/mol. The molecule has 1 aromatic carbocycles. The van der Waals surface area contributed by atoms with Crippen LogP contribution in [0.4, 0.5) is 11.4 Å². The summed E-state index contributed by atoms with van der Waals surface area (Å²) in [7, 11) is 0. The van der Waals surface area contributed by atoms with Gasteiger partial charge in [0.15, 0.2) is 0 Å². The molecule has 0 spiro atoms. The minimum atomic E-state index is -0.463. The molecule has 1 fully saturated rings. The second kappa shape index (κ2) is 6.90. The summed E-state index contributed by atoms with van der Waals surface area (Å²) in [5.74, 6) is 0. The van der Waals surface area contributed by atoms with Gasteiger partial charge >= 0.3 is 0 Å². The van der Waals surface area contributed by atoms with Gasteiger partial charge in [0.05, 0.1) is 11.0 Å². The number of nitro groups is 1. The number of anilines is 1. The highest BCUT2D eigenvalue weighted by Crippen LogP contribution is 2.30. The van der Waals surface area contributed by atoms with Crippen molar-refractivity contribution in [3.63, 3.8) is 0 Å². The van der Waals surface area contributed by atoms with E-state index in [1.54, 1.807) is 6.07 Å². The van der Waals surface area contributed by atoms with Crippen molar-refractivity contribution in [1.29, 1.82) is 0 Å². The number of nitrogens with zero attached hydrogens (tertiary/aromatic N) is 1. The molecule has 1 aliphatic heterocycles. The maximum absolute atomic E-state index is 10.8. The van der Waals surface area contributed by atoms with Crippen molar-refractivity contribution in [2.75, 3.05) is 18.5 Å². The van der Waals surface area contributed by atoms with Crippen LogP contribution in [-0.4, -0.2) is 24.2 Å². The van der Waals surface area contributed by atoms with Gasteiger partial charge in [-0.1, -0.05) is 11.6 Å². The third kappa shape index (κ3) is 3.84. The number of benzene rings is 1. The van der Waals surface area contributed by atoms with E-state index in [9.17, 15) is 10.1 Å². The first-order valence-corrected chi connectivity index (χ1v) is 7.25. The molecule has 1 N–H and O–H groups in total. The monoisotopic (exact) mass is 298 g/mol. The zero-order chi connectivity index (χ0) is 14.5. The topological polar surface area (TPSA) is 64.4 Å². The first-order chi connectivity index (χ1) is 9.58. The molecule has 0 saturated carbocycles. The van der Waals surface area contributed by atoms with Crippen molar-refractivity contribution in [2.24, 2.45) is 0 Å². The van der Waals surface area contributed by atoms with E-state index in [2.05, 4.69) is 5.32 Å². The van der Waals surface area contributed by atoms with Crippen molar-refractivity contribution >= 4 is 23.0 Å². The molecule has 20 heavy (non-hydrogen) atoms. The molecule has 2 rings (SSSR count). The molecule has 0 amide bonds. The molecule has 1 heterocycles. The van der Waals surface area contributed by atoms with Gasteiger partial charge in [-0.25, -0.2) is 0 Å². The Hall–Kier alpha value is -1.33. The maximum atomic E-state index is 10.8. The summed E-state index contributed by atoms with van der Waals surface area (Å²) in [6, 6.07) is 3.12. The number of halogens is 1. The Kier molecular flexibility index (Phi) is 5.20. The zero-order valence-electron chi connectivity index (χ0n) is 11.5. The summed E-state index contributed by atoms with van der Waals surface area (Å²) in [5.41, 5.74) is 1.62. The second-order valence-electron chi connectivity index (χ2n) is 5.08. The molecule has 0 radical (unpaired) electrons. The summed E-state index contributed by atoms with van der Waals surface area (Å²) < 4.78 is 5.67. The van der Waals surface area contributed by atoms with Crippen LogP contribution >= 0.6 is 11.6 Å². The lowest BCUT2D eigenvalue weighted by atomic mass is 10.1. The lowest BCUT2D eigenvalue weighted by Gasteiger charge is -2.23. The van der Waals surface area contributed by atoms with Crippen LogP contribution in [0.3, 0.4) is 0 Å². The quantitative estimate of drug-likeness (QED) is 0.661. The van der Waals surface area contributed by atoms with Gasteiger partial charge in [-0.05, 0) is 44.2 Å². The Morgan fingerprint density at radius 1 is 1.50 bits per heavy atom. The number of hydrogen-bond acceptors (Lipinski definition) is 4. The molecule has 0 aromatic heterocycles. The highest BCUT2D eigenvalue weighted by atomic mass is 35.5. The van der Waals surface area contributed by atoms with Gasteiger partial charge < -0.3 is 10.1 Å². The van der Waals surface area contributed by atoms with Crippen molar-refractivity contribution < 1.29 is 9.66 Å². The van der Waals surface area contributed by atoms with E-state index in [1.807, 2.05) is 6.92 Å². The SMILES string of the molecule is Cc1cc([N+](=O)[O-])c(Cl)cc1NCCC1CCCCO1.